The summed E-state index contributed by atoms with van der Waals surface area (Å²) in [6.07, 6.45) is 1.71. The molecule has 1 aromatic heterocycles. The molecule has 0 saturated carbocycles. The van der Waals surface area contributed by atoms with Gasteiger partial charge in [-0.25, -0.2) is 0 Å². The van der Waals surface area contributed by atoms with Gasteiger partial charge < -0.3 is 19.3 Å². The number of rotatable bonds is 10. The summed E-state index contributed by atoms with van der Waals surface area (Å²) in [6, 6.07) is 16.2. The van der Waals surface area contributed by atoms with Crippen molar-refractivity contribution in [2.75, 3.05) is 33.4 Å². The van der Waals surface area contributed by atoms with Crippen LogP contribution in [0.15, 0.2) is 60.0 Å². The Morgan fingerprint density at radius 1 is 1.16 bits per heavy atom. The van der Waals surface area contributed by atoms with Crippen LogP contribution in [0.1, 0.15) is 47.1 Å². The number of ether oxygens (including phenoxy) is 2. The minimum absolute atomic E-state index is 0.0112. The molecule has 2 atom stereocenters. The summed E-state index contributed by atoms with van der Waals surface area (Å²) >= 11 is 7.72. The summed E-state index contributed by atoms with van der Waals surface area (Å²) in [6.45, 7) is 5.61. The Kier molecular flexibility index (Phi) is 9.11. The SMILES string of the molecule is CC[C@H](C)CN(CC(=O)N1CCc2sccc2[C@@H]1COc1ccc(Cl)cc1)C(=O)c1cccc(OC)c1. The number of methoxy groups -OCH3 is 1. The number of hydrogen-bond acceptors (Lipinski definition) is 5. The Labute approximate surface area is 227 Å². The average Bonchev–Trinajstić information content (AvgIpc) is 3.41. The highest BCUT2D eigenvalue weighted by atomic mass is 35.5. The summed E-state index contributed by atoms with van der Waals surface area (Å²) < 4.78 is 11.4. The number of fused-ring (bicyclic) bond motifs is 1. The molecule has 2 amide bonds. The highest BCUT2D eigenvalue weighted by Crippen LogP contribution is 2.34. The van der Waals surface area contributed by atoms with Gasteiger partial charge >= 0.3 is 0 Å². The third-order valence-electron chi connectivity index (χ3n) is 6.80. The Bertz CT molecular complexity index is 1210. The van der Waals surface area contributed by atoms with Gasteiger partial charge in [-0.1, -0.05) is 37.9 Å². The first-order valence-corrected chi connectivity index (χ1v) is 13.8. The van der Waals surface area contributed by atoms with E-state index in [1.807, 2.05) is 17.0 Å². The van der Waals surface area contributed by atoms with Gasteiger partial charge in [0.1, 0.15) is 24.7 Å². The Morgan fingerprint density at radius 2 is 1.95 bits per heavy atom. The smallest absolute Gasteiger partial charge is 0.254 e. The Hall–Kier alpha value is -3.03. The van der Waals surface area contributed by atoms with E-state index >= 15 is 0 Å². The molecule has 0 spiro atoms. The lowest BCUT2D eigenvalue weighted by molar-refractivity contribution is -0.135. The van der Waals surface area contributed by atoms with Gasteiger partial charge in [0.2, 0.25) is 5.91 Å². The fourth-order valence-electron chi connectivity index (χ4n) is 4.50. The molecule has 1 aliphatic rings. The van der Waals surface area contributed by atoms with E-state index in [4.69, 9.17) is 21.1 Å². The first-order chi connectivity index (χ1) is 17.9. The van der Waals surface area contributed by atoms with Gasteiger partial charge in [0.05, 0.1) is 13.2 Å². The maximum Gasteiger partial charge on any atom is 0.254 e. The third kappa shape index (κ3) is 6.65. The van der Waals surface area contributed by atoms with Crippen LogP contribution in [0.2, 0.25) is 5.02 Å². The van der Waals surface area contributed by atoms with Crippen LogP contribution in [0, 0.1) is 5.92 Å². The third-order valence-corrected chi connectivity index (χ3v) is 8.04. The van der Waals surface area contributed by atoms with E-state index in [1.165, 1.54) is 4.88 Å². The van der Waals surface area contributed by atoms with Crippen molar-refractivity contribution >= 4 is 34.8 Å². The molecule has 1 aliphatic heterocycles. The molecule has 0 saturated heterocycles. The van der Waals surface area contributed by atoms with Crippen molar-refractivity contribution in [2.45, 2.75) is 32.7 Å². The molecule has 37 heavy (non-hydrogen) atoms. The fourth-order valence-corrected chi connectivity index (χ4v) is 5.55. The lowest BCUT2D eigenvalue weighted by atomic mass is 10.00. The molecule has 0 bridgehead atoms. The Morgan fingerprint density at radius 3 is 2.68 bits per heavy atom. The van der Waals surface area contributed by atoms with Crippen LogP contribution in [0.4, 0.5) is 0 Å². The number of nitrogens with zero attached hydrogens (tertiary/aromatic N) is 2. The van der Waals surface area contributed by atoms with Crippen molar-refractivity contribution in [3.8, 4) is 11.5 Å². The quantitative estimate of drug-likeness (QED) is 0.311. The fraction of sp³-hybridized carbons (Fsp3) is 0.379. The maximum absolute atomic E-state index is 13.8. The maximum atomic E-state index is 13.8. The molecule has 0 radical (unpaired) electrons. The first-order valence-electron chi connectivity index (χ1n) is 12.6. The molecule has 6 nitrogen and oxygen atoms in total. The van der Waals surface area contributed by atoms with Gasteiger partial charge in [-0.3, -0.25) is 9.59 Å². The number of carbonyl (C=O) groups is 2. The number of thiophene rings is 1. The summed E-state index contributed by atoms with van der Waals surface area (Å²) in [5, 5.41) is 2.71. The summed E-state index contributed by atoms with van der Waals surface area (Å²) in [5.41, 5.74) is 1.63. The number of carbonyl (C=O) groups excluding carboxylic acids is 2. The van der Waals surface area contributed by atoms with Crippen molar-refractivity contribution < 1.29 is 19.1 Å². The van der Waals surface area contributed by atoms with E-state index in [9.17, 15) is 9.59 Å². The Balaban J connectivity index is 1.54. The van der Waals surface area contributed by atoms with Crippen LogP contribution in [0.3, 0.4) is 0 Å². The van der Waals surface area contributed by atoms with Crippen LogP contribution in [-0.4, -0.2) is 55.0 Å². The van der Waals surface area contributed by atoms with E-state index in [0.29, 0.717) is 41.8 Å². The molecule has 0 fully saturated rings. The van der Waals surface area contributed by atoms with Crippen LogP contribution in [-0.2, 0) is 11.2 Å². The molecular formula is C29H33ClN2O4S. The first kappa shape index (κ1) is 27.0. The number of halogens is 1. The van der Waals surface area contributed by atoms with E-state index in [2.05, 4.69) is 25.3 Å². The number of hydrogen-bond donors (Lipinski definition) is 0. The predicted octanol–water partition coefficient (Wildman–Crippen LogP) is 6.10. The van der Waals surface area contributed by atoms with Gasteiger partial charge in [0.25, 0.3) is 5.91 Å². The highest BCUT2D eigenvalue weighted by Gasteiger charge is 2.34. The second kappa shape index (κ2) is 12.5. The molecule has 4 rings (SSSR count). The second-order valence-electron chi connectivity index (χ2n) is 9.35. The lowest BCUT2D eigenvalue weighted by Gasteiger charge is -2.37. The van der Waals surface area contributed by atoms with Crippen molar-refractivity contribution in [2.24, 2.45) is 5.92 Å². The second-order valence-corrected chi connectivity index (χ2v) is 10.8. The van der Waals surface area contributed by atoms with Crippen molar-refractivity contribution in [3.05, 3.63) is 81.0 Å². The minimum Gasteiger partial charge on any atom is -0.497 e. The molecule has 0 unspecified atom stereocenters. The molecule has 0 N–H and O–H groups in total. The number of amides is 2. The number of benzene rings is 2. The molecular weight excluding hydrogens is 508 g/mol. The van der Waals surface area contributed by atoms with Crippen molar-refractivity contribution in [3.63, 3.8) is 0 Å². The summed E-state index contributed by atoms with van der Waals surface area (Å²) in [5.74, 6) is 1.32. The topological polar surface area (TPSA) is 59.1 Å². The zero-order chi connectivity index (χ0) is 26.4. The van der Waals surface area contributed by atoms with E-state index in [0.717, 1.165) is 18.4 Å². The van der Waals surface area contributed by atoms with E-state index in [1.54, 1.807) is 59.7 Å². The van der Waals surface area contributed by atoms with Gasteiger partial charge in [-0.15, -0.1) is 11.3 Å². The monoisotopic (exact) mass is 540 g/mol. The molecule has 196 valence electrons. The largest absolute Gasteiger partial charge is 0.497 e. The van der Waals surface area contributed by atoms with E-state index < -0.39 is 0 Å². The van der Waals surface area contributed by atoms with Crippen LogP contribution in [0.25, 0.3) is 0 Å². The zero-order valence-electron chi connectivity index (χ0n) is 21.5. The average molecular weight is 541 g/mol. The highest BCUT2D eigenvalue weighted by molar-refractivity contribution is 7.10. The standard InChI is InChI=1S/C29H33ClN2O4S/c1-4-20(2)17-31(29(34)21-6-5-7-24(16-21)35-3)18-28(33)32-14-12-27-25(13-15-37-27)26(32)19-36-23-10-8-22(30)9-11-23/h5-11,13,15-16,20,26H,4,12,14,17-19H2,1-3H3/t20-,26-/m0/s1. The zero-order valence-corrected chi connectivity index (χ0v) is 23.1. The normalized spacial score (nSPS) is 15.6. The molecule has 3 aromatic rings. The molecule has 2 heterocycles. The minimum atomic E-state index is -0.226. The van der Waals surface area contributed by atoms with Crippen molar-refractivity contribution in [1.29, 1.82) is 0 Å². The van der Waals surface area contributed by atoms with Gasteiger partial charge in [-0.2, -0.15) is 0 Å². The molecule has 2 aromatic carbocycles. The molecule has 0 aliphatic carbocycles. The van der Waals surface area contributed by atoms with E-state index in [-0.39, 0.29) is 30.3 Å². The lowest BCUT2D eigenvalue weighted by Crippen LogP contribution is -2.48. The van der Waals surface area contributed by atoms with Gasteiger partial charge in [-0.05, 0) is 71.8 Å². The van der Waals surface area contributed by atoms with Crippen LogP contribution in [0.5, 0.6) is 11.5 Å². The van der Waals surface area contributed by atoms with Crippen LogP contribution < -0.4 is 9.47 Å². The predicted molar refractivity (Wildman–Crippen MR) is 148 cm³/mol. The summed E-state index contributed by atoms with van der Waals surface area (Å²) in [7, 11) is 1.57. The van der Waals surface area contributed by atoms with Gasteiger partial charge in [0.15, 0.2) is 0 Å². The molecule has 8 heteroatoms. The van der Waals surface area contributed by atoms with Crippen molar-refractivity contribution in [1.82, 2.24) is 9.80 Å². The van der Waals surface area contributed by atoms with Gasteiger partial charge in [0, 0.05) is 28.6 Å². The van der Waals surface area contributed by atoms with Crippen LogP contribution >= 0.6 is 22.9 Å². The summed E-state index contributed by atoms with van der Waals surface area (Å²) in [4.78, 5) is 32.1.